The molecule has 186 valence electrons. The number of hydrogen-bond donors (Lipinski definition) is 2. The summed E-state index contributed by atoms with van der Waals surface area (Å²) >= 11 is 0. The number of carboxylic acids is 1. The molecule has 4 rings (SSSR count). The lowest BCUT2D eigenvalue weighted by Gasteiger charge is -2.35. The van der Waals surface area contributed by atoms with Gasteiger partial charge in [0.1, 0.15) is 6.61 Å². The van der Waals surface area contributed by atoms with Gasteiger partial charge in [-0.05, 0) is 41.0 Å². The van der Waals surface area contributed by atoms with Crippen LogP contribution in [0.2, 0.25) is 0 Å². The van der Waals surface area contributed by atoms with E-state index in [1.807, 2.05) is 38.1 Å². The first-order valence-electron chi connectivity index (χ1n) is 12.5. The number of likely N-dealkylation sites (tertiary alicyclic amines) is 1. The third-order valence-corrected chi connectivity index (χ3v) is 7.09. The van der Waals surface area contributed by atoms with Gasteiger partial charge in [-0.15, -0.1) is 0 Å². The molecule has 7 heteroatoms. The second kappa shape index (κ2) is 10.9. The minimum Gasteiger partial charge on any atom is -0.481 e. The van der Waals surface area contributed by atoms with E-state index in [4.69, 9.17) is 4.74 Å². The van der Waals surface area contributed by atoms with Crippen LogP contribution in [0.15, 0.2) is 48.5 Å². The molecule has 0 saturated carbocycles. The minimum absolute atomic E-state index is 0.0257. The SMILES string of the molecule is CCC[C@H](CC(=O)N1CC(C)CC(C(=O)O)C1)NC(=O)OCC1c2ccccc2-c2ccccc21. The number of amides is 2. The van der Waals surface area contributed by atoms with Crippen LogP contribution in [0.4, 0.5) is 4.79 Å². The Morgan fingerprint density at radius 1 is 1.06 bits per heavy atom. The molecule has 2 N–H and O–H groups in total. The zero-order chi connectivity index (χ0) is 24.9. The van der Waals surface area contributed by atoms with E-state index in [9.17, 15) is 19.5 Å². The monoisotopic (exact) mass is 478 g/mol. The van der Waals surface area contributed by atoms with Crippen LogP contribution in [0, 0.1) is 11.8 Å². The van der Waals surface area contributed by atoms with E-state index in [-0.39, 0.29) is 43.4 Å². The van der Waals surface area contributed by atoms with Crippen molar-refractivity contribution in [2.75, 3.05) is 19.7 Å². The molecule has 2 aliphatic rings. The van der Waals surface area contributed by atoms with Crippen molar-refractivity contribution < 1.29 is 24.2 Å². The summed E-state index contributed by atoms with van der Waals surface area (Å²) in [6.07, 6.45) is 1.62. The number of fused-ring (bicyclic) bond motifs is 3. The fraction of sp³-hybridized carbons (Fsp3) is 0.464. The number of nitrogens with one attached hydrogen (secondary N) is 1. The molecular formula is C28H34N2O5. The predicted octanol–water partition coefficient (Wildman–Crippen LogP) is 4.65. The smallest absolute Gasteiger partial charge is 0.407 e. The van der Waals surface area contributed by atoms with Gasteiger partial charge in [-0.25, -0.2) is 4.79 Å². The van der Waals surface area contributed by atoms with Crippen LogP contribution in [-0.4, -0.2) is 53.7 Å². The quantitative estimate of drug-likeness (QED) is 0.576. The Morgan fingerprint density at radius 3 is 2.29 bits per heavy atom. The number of aliphatic carboxylic acids is 1. The summed E-state index contributed by atoms with van der Waals surface area (Å²) in [5, 5.41) is 12.3. The standard InChI is InChI=1S/C28H34N2O5/c1-3-8-20(14-26(31)30-15-18(2)13-19(16-30)27(32)33)29-28(34)35-17-25-23-11-6-4-9-21(23)22-10-5-7-12-24(22)25/h4-7,9-12,18-20,25H,3,8,13-17H2,1-2H3,(H,29,34)(H,32,33)/t18?,19?,20-/m1/s1. The van der Waals surface area contributed by atoms with Crippen molar-refractivity contribution >= 4 is 18.0 Å². The lowest BCUT2D eigenvalue weighted by atomic mass is 9.90. The lowest BCUT2D eigenvalue weighted by molar-refractivity contribution is -0.147. The van der Waals surface area contributed by atoms with Crippen LogP contribution >= 0.6 is 0 Å². The highest BCUT2D eigenvalue weighted by Gasteiger charge is 2.33. The summed E-state index contributed by atoms with van der Waals surface area (Å²) in [6, 6.07) is 16.0. The van der Waals surface area contributed by atoms with Gasteiger partial charge in [0.2, 0.25) is 5.91 Å². The van der Waals surface area contributed by atoms with Crippen molar-refractivity contribution in [2.45, 2.75) is 51.5 Å². The summed E-state index contributed by atoms with van der Waals surface area (Å²) < 4.78 is 5.66. The maximum Gasteiger partial charge on any atom is 0.407 e. The van der Waals surface area contributed by atoms with Gasteiger partial charge in [-0.3, -0.25) is 9.59 Å². The average Bonchev–Trinajstić information content (AvgIpc) is 3.16. The summed E-state index contributed by atoms with van der Waals surface area (Å²) in [5.74, 6) is -1.42. The third kappa shape index (κ3) is 5.66. The number of hydrogen-bond acceptors (Lipinski definition) is 4. The van der Waals surface area contributed by atoms with E-state index in [2.05, 4.69) is 29.6 Å². The summed E-state index contributed by atoms with van der Waals surface area (Å²) in [7, 11) is 0. The molecule has 0 aromatic heterocycles. The average molecular weight is 479 g/mol. The topological polar surface area (TPSA) is 95.9 Å². The number of carbonyl (C=O) groups is 3. The molecule has 2 unspecified atom stereocenters. The maximum atomic E-state index is 13.0. The van der Waals surface area contributed by atoms with Crippen molar-refractivity contribution in [3.8, 4) is 11.1 Å². The molecular weight excluding hydrogens is 444 g/mol. The van der Waals surface area contributed by atoms with Gasteiger partial charge in [0, 0.05) is 31.5 Å². The van der Waals surface area contributed by atoms with Crippen molar-refractivity contribution in [1.29, 1.82) is 0 Å². The fourth-order valence-electron chi connectivity index (χ4n) is 5.45. The molecule has 0 bridgehead atoms. The number of nitrogens with zero attached hydrogens (tertiary/aromatic N) is 1. The van der Waals surface area contributed by atoms with Crippen LogP contribution in [0.25, 0.3) is 11.1 Å². The Kier molecular flexibility index (Phi) is 7.73. The summed E-state index contributed by atoms with van der Waals surface area (Å²) in [4.78, 5) is 38.8. The zero-order valence-electron chi connectivity index (χ0n) is 20.4. The highest BCUT2D eigenvalue weighted by Crippen LogP contribution is 2.44. The molecule has 2 aromatic rings. The van der Waals surface area contributed by atoms with Gasteiger partial charge in [-0.2, -0.15) is 0 Å². The minimum atomic E-state index is -0.865. The summed E-state index contributed by atoms with van der Waals surface area (Å²) in [5.41, 5.74) is 4.63. The van der Waals surface area contributed by atoms with E-state index in [0.29, 0.717) is 19.4 Å². The number of ether oxygens (including phenoxy) is 1. The number of rotatable bonds is 8. The van der Waals surface area contributed by atoms with Crippen LogP contribution in [0.3, 0.4) is 0 Å². The van der Waals surface area contributed by atoms with Crippen molar-refractivity contribution in [2.24, 2.45) is 11.8 Å². The van der Waals surface area contributed by atoms with Crippen molar-refractivity contribution in [3.05, 3.63) is 59.7 Å². The molecule has 1 saturated heterocycles. The normalized spacial score (nSPS) is 20.0. The molecule has 0 radical (unpaired) electrons. The van der Waals surface area contributed by atoms with Gasteiger partial charge >= 0.3 is 12.1 Å². The van der Waals surface area contributed by atoms with E-state index in [0.717, 1.165) is 17.5 Å². The lowest BCUT2D eigenvalue weighted by Crippen LogP contribution is -2.48. The summed E-state index contributed by atoms with van der Waals surface area (Å²) in [6.45, 7) is 4.96. The number of alkyl carbamates (subject to hydrolysis) is 1. The molecule has 1 heterocycles. The predicted molar refractivity (Wildman–Crippen MR) is 133 cm³/mol. The largest absolute Gasteiger partial charge is 0.481 e. The van der Waals surface area contributed by atoms with Gasteiger partial charge in [-0.1, -0.05) is 68.8 Å². The van der Waals surface area contributed by atoms with E-state index in [1.165, 1.54) is 11.1 Å². The Hall–Kier alpha value is -3.35. The van der Waals surface area contributed by atoms with Crippen LogP contribution in [0.1, 0.15) is 56.6 Å². The Morgan fingerprint density at radius 2 is 1.69 bits per heavy atom. The van der Waals surface area contributed by atoms with E-state index in [1.54, 1.807) is 4.90 Å². The van der Waals surface area contributed by atoms with Crippen molar-refractivity contribution in [3.63, 3.8) is 0 Å². The first kappa shape index (κ1) is 24.8. The fourth-order valence-corrected chi connectivity index (χ4v) is 5.45. The Balaban J connectivity index is 1.36. The molecule has 1 fully saturated rings. The highest BCUT2D eigenvalue weighted by atomic mass is 16.5. The Labute approximate surface area is 206 Å². The van der Waals surface area contributed by atoms with Crippen molar-refractivity contribution in [1.82, 2.24) is 10.2 Å². The number of carbonyl (C=O) groups excluding carboxylic acids is 2. The molecule has 2 amide bonds. The molecule has 2 aromatic carbocycles. The van der Waals surface area contributed by atoms with Gasteiger partial charge in [0.05, 0.1) is 5.92 Å². The van der Waals surface area contributed by atoms with Gasteiger partial charge in [0.25, 0.3) is 0 Å². The molecule has 1 aliphatic heterocycles. The number of carboxylic acid groups (broad SMARTS) is 1. The molecule has 3 atom stereocenters. The maximum absolute atomic E-state index is 13.0. The molecule has 7 nitrogen and oxygen atoms in total. The Bertz CT molecular complexity index is 1040. The second-order valence-electron chi connectivity index (χ2n) is 9.83. The number of benzene rings is 2. The van der Waals surface area contributed by atoms with Crippen LogP contribution in [-0.2, 0) is 14.3 Å². The van der Waals surface area contributed by atoms with Crippen LogP contribution < -0.4 is 5.32 Å². The number of piperidine rings is 1. The first-order chi connectivity index (χ1) is 16.9. The van der Waals surface area contributed by atoms with E-state index < -0.39 is 18.0 Å². The molecule has 0 spiro atoms. The van der Waals surface area contributed by atoms with Gasteiger partial charge in [0.15, 0.2) is 0 Å². The second-order valence-corrected chi connectivity index (χ2v) is 9.83. The highest BCUT2D eigenvalue weighted by molar-refractivity contribution is 5.80. The van der Waals surface area contributed by atoms with E-state index >= 15 is 0 Å². The van der Waals surface area contributed by atoms with Crippen LogP contribution in [0.5, 0.6) is 0 Å². The first-order valence-corrected chi connectivity index (χ1v) is 12.5. The zero-order valence-corrected chi connectivity index (χ0v) is 20.4. The molecule has 35 heavy (non-hydrogen) atoms. The van der Waals surface area contributed by atoms with Gasteiger partial charge < -0.3 is 20.1 Å². The molecule has 1 aliphatic carbocycles. The third-order valence-electron chi connectivity index (χ3n) is 7.09.